The number of hydrogen-bond donors (Lipinski definition) is 0. The van der Waals surface area contributed by atoms with Gasteiger partial charge in [0.15, 0.2) is 0 Å². The Morgan fingerprint density at radius 3 is 2.60 bits per heavy atom. The molecule has 96 valence electrons. The van der Waals surface area contributed by atoms with Crippen molar-refractivity contribution in [3.63, 3.8) is 0 Å². The molecule has 0 aliphatic carbocycles. The van der Waals surface area contributed by atoms with Gasteiger partial charge >= 0.3 is 5.97 Å². The molecular formula is C15H8N2O2S. The molecule has 0 aliphatic rings. The van der Waals surface area contributed by atoms with Crippen molar-refractivity contribution in [1.29, 1.82) is 5.26 Å². The number of carbonyl (C=O) groups is 1. The first-order valence-electron chi connectivity index (χ1n) is 5.84. The van der Waals surface area contributed by atoms with Gasteiger partial charge in [0, 0.05) is 0 Å². The largest absolute Gasteiger partial charge is 0.394 e. The van der Waals surface area contributed by atoms with E-state index >= 15 is 0 Å². The lowest BCUT2D eigenvalue weighted by Gasteiger charge is -1.99. The second-order valence-electron chi connectivity index (χ2n) is 4.03. The number of para-hydroxylation sites is 1. The minimum absolute atomic E-state index is 0.320. The van der Waals surface area contributed by atoms with Gasteiger partial charge in [0.2, 0.25) is 0 Å². The second-order valence-corrected chi connectivity index (χ2v) is 5.02. The average molecular weight is 280 g/mol. The van der Waals surface area contributed by atoms with E-state index in [2.05, 4.69) is 4.98 Å². The fourth-order valence-corrected chi connectivity index (χ4v) is 2.53. The van der Waals surface area contributed by atoms with E-state index in [1.165, 1.54) is 11.3 Å². The predicted octanol–water partition coefficient (Wildman–Crippen LogP) is 3.39. The van der Waals surface area contributed by atoms with Crippen LogP contribution in [0, 0.1) is 11.3 Å². The van der Waals surface area contributed by atoms with Gasteiger partial charge in [-0.2, -0.15) is 5.26 Å². The summed E-state index contributed by atoms with van der Waals surface area (Å²) < 4.78 is 6.21. The number of fused-ring (bicyclic) bond motifs is 1. The number of aromatic nitrogens is 1. The van der Waals surface area contributed by atoms with Crippen LogP contribution >= 0.6 is 11.3 Å². The zero-order chi connectivity index (χ0) is 13.9. The van der Waals surface area contributed by atoms with Gasteiger partial charge in [0.05, 0.1) is 27.4 Å². The van der Waals surface area contributed by atoms with E-state index in [1.807, 2.05) is 30.3 Å². The summed E-state index contributed by atoms with van der Waals surface area (Å²) in [7, 11) is 0. The summed E-state index contributed by atoms with van der Waals surface area (Å²) >= 11 is 1.32. The summed E-state index contributed by atoms with van der Waals surface area (Å²) in [6.45, 7) is 0. The molecule has 0 spiro atoms. The highest BCUT2D eigenvalue weighted by atomic mass is 32.1. The molecule has 0 aliphatic heterocycles. The van der Waals surface area contributed by atoms with Crippen molar-refractivity contribution >= 4 is 27.5 Å². The Balaban J connectivity index is 1.82. The molecule has 0 bridgehead atoms. The molecule has 3 rings (SSSR count). The summed E-state index contributed by atoms with van der Waals surface area (Å²) in [4.78, 5) is 16.2. The lowest BCUT2D eigenvalue weighted by molar-refractivity contribution is 0.0734. The van der Waals surface area contributed by atoms with Crippen LogP contribution in [-0.4, -0.2) is 11.0 Å². The van der Waals surface area contributed by atoms with Gasteiger partial charge in [0.1, 0.15) is 0 Å². The van der Waals surface area contributed by atoms with Gasteiger partial charge in [-0.1, -0.05) is 23.5 Å². The van der Waals surface area contributed by atoms with Crippen LogP contribution < -0.4 is 4.74 Å². The minimum atomic E-state index is -0.478. The highest BCUT2D eigenvalue weighted by Gasteiger charge is 2.12. The molecule has 0 unspecified atom stereocenters. The fraction of sp³-hybridized carbons (Fsp3) is 0. The Morgan fingerprint density at radius 2 is 1.90 bits per heavy atom. The van der Waals surface area contributed by atoms with Gasteiger partial charge in [-0.05, 0) is 36.4 Å². The van der Waals surface area contributed by atoms with Crippen molar-refractivity contribution in [2.75, 3.05) is 0 Å². The van der Waals surface area contributed by atoms with Gasteiger partial charge in [-0.25, -0.2) is 9.78 Å². The predicted molar refractivity (Wildman–Crippen MR) is 75.7 cm³/mol. The maximum atomic E-state index is 12.0. The molecule has 3 aromatic rings. The summed E-state index contributed by atoms with van der Waals surface area (Å²) in [5, 5.41) is 9.03. The first kappa shape index (κ1) is 12.3. The average Bonchev–Trinajstić information content (AvgIpc) is 2.89. The molecule has 4 nitrogen and oxygen atoms in total. The summed E-state index contributed by atoms with van der Waals surface area (Å²) in [5.41, 5.74) is 1.70. The van der Waals surface area contributed by atoms with Gasteiger partial charge in [-0.15, -0.1) is 0 Å². The smallest absolute Gasteiger partial charge is 0.345 e. The van der Waals surface area contributed by atoms with Crippen LogP contribution in [0.4, 0.5) is 0 Å². The number of nitriles is 1. The standard InChI is InChI=1S/C15H8N2O2S/c16-9-10-5-7-11(8-6-10)14(18)19-15-17-12-3-1-2-4-13(12)20-15/h1-8H. The van der Waals surface area contributed by atoms with Crippen molar-refractivity contribution in [2.24, 2.45) is 0 Å². The van der Waals surface area contributed by atoms with E-state index in [0.717, 1.165) is 10.2 Å². The second kappa shape index (κ2) is 5.11. The lowest BCUT2D eigenvalue weighted by Crippen LogP contribution is -2.07. The zero-order valence-electron chi connectivity index (χ0n) is 10.2. The number of thiazole rings is 1. The van der Waals surface area contributed by atoms with Crippen LogP contribution in [-0.2, 0) is 0 Å². The molecule has 0 N–H and O–H groups in total. The molecule has 0 amide bonds. The maximum Gasteiger partial charge on any atom is 0.345 e. The van der Waals surface area contributed by atoms with Crippen molar-refractivity contribution in [1.82, 2.24) is 4.98 Å². The number of nitrogens with zero attached hydrogens (tertiary/aromatic N) is 2. The van der Waals surface area contributed by atoms with Gasteiger partial charge < -0.3 is 4.74 Å². The molecule has 0 saturated carbocycles. The summed E-state index contributed by atoms with van der Waals surface area (Å²) in [6, 6.07) is 15.9. The minimum Gasteiger partial charge on any atom is -0.394 e. The highest BCUT2D eigenvalue weighted by molar-refractivity contribution is 7.20. The Hall–Kier alpha value is -2.71. The monoisotopic (exact) mass is 280 g/mol. The van der Waals surface area contributed by atoms with Crippen LogP contribution in [0.3, 0.4) is 0 Å². The van der Waals surface area contributed by atoms with Crippen LogP contribution in [0.5, 0.6) is 5.19 Å². The Kier molecular flexibility index (Phi) is 3.15. The Bertz CT molecular complexity index is 783. The first-order chi connectivity index (χ1) is 9.76. The first-order valence-corrected chi connectivity index (χ1v) is 6.66. The topological polar surface area (TPSA) is 63.0 Å². The molecule has 1 heterocycles. The van der Waals surface area contributed by atoms with E-state index in [4.69, 9.17) is 10.00 Å². The number of benzene rings is 2. The Labute approximate surface area is 118 Å². The van der Waals surface area contributed by atoms with E-state index in [-0.39, 0.29) is 0 Å². The van der Waals surface area contributed by atoms with Gasteiger partial charge in [0.25, 0.3) is 5.19 Å². The molecule has 0 atom stereocenters. The number of rotatable bonds is 2. The zero-order valence-corrected chi connectivity index (χ0v) is 11.1. The third-order valence-electron chi connectivity index (χ3n) is 2.70. The lowest BCUT2D eigenvalue weighted by atomic mass is 10.1. The van der Waals surface area contributed by atoms with Crippen molar-refractivity contribution in [3.05, 3.63) is 59.7 Å². The third kappa shape index (κ3) is 2.37. The van der Waals surface area contributed by atoms with Crippen molar-refractivity contribution in [2.45, 2.75) is 0 Å². The van der Waals surface area contributed by atoms with Crippen molar-refractivity contribution in [3.8, 4) is 11.3 Å². The quantitative estimate of drug-likeness (QED) is 0.675. The van der Waals surface area contributed by atoms with Crippen LogP contribution in [0.15, 0.2) is 48.5 Å². The molecule has 5 heteroatoms. The van der Waals surface area contributed by atoms with E-state index in [1.54, 1.807) is 24.3 Å². The molecule has 0 fully saturated rings. The SMILES string of the molecule is N#Cc1ccc(C(=O)Oc2nc3ccccc3s2)cc1. The molecule has 0 radical (unpaired) electrons. The maximum absolute atomic E-state index is 12.0. The number of esters is 1. The molecule has 20 heavy (non-hydrogen) atoms. The number of ether oxygens (including phenoxy) is 1. The molecule has 0 saturated heterocycles. The summed E-state index contributed by atoms with van der Waals surface area (Å²) in [5.74, 6) is -0.478. The molecule has 2 aromatic carbocycles. The van der Waals surface area contributed by atoms with Crippen LogP contribution in [0.25, 0.3) is 10.2 Å². The molecular weight excluding hydrogens is 272 g/mol. The van der Waals surface area contributed by atoms with E-state index < -0.39 is 5.97 Å². The van der Waals surface area contributed by atoms with E-state index in [9.17, 15) is 4.79 Å². The van der Waals surface area contributed by atoms with Crippen LogP contribution in [0.1, 0.15) is 15.9 Å². The normalized spacial score (nSPS) is 10.2. The van der Waals surface area contributed by atoms with Crippen molar-refractivity contribution < 1.29 is 9.53 Å². The number of hydrogen-bond acceptors (Lipinski definition) is 5. The molecule has 1 aromatic heterocycles. The Morgan fingerprint density at radius 1 is 1.15 bits per heavy atom. The van der Waals surface area contributed by atoms with Gasteiger partial charge in [-0.3, -0.25) is 0 Å². The van der Waals surface area contributed by atoms with Crippen LogP contribution in [0.2, 0.25) is 0 Å². The summed E-state index contributed by atoms with van der Waals surface area (Å²) in [6.07, 6.45) is 0. The fourth-order valence-electron chi connectivity index (χ4n) is 1.71. The van der Waals surface area contributed by atoms with E-state index in [0.29, 0.717) is 16.3 Å². The highest BCUT2D eigenvalue weighted by Crippen LogP contribution is 2.27. The third-order valence-corrected chi connectivity index (χ3v) is 3.62. The number of carbonyl (C=O) groups excluding carboxylic acids is 1.